The second kappa shape index (κ2) is 4.93. The van der Waals surface area contributed by atoms with E-state index in [2.05, 4.69) is 10.5 Å². The number of H-pyrrole nitrogens is 1. The minimum absolute atomic E-state index is 0.0140. The molecule has 0 aliphatic carbocycles. The SMILES string of the molecule is CN[C@H](CC(C)=O)Cc1c(C)o[nH]c1=O. The number of aromatic nitrogens is 1. The molecule has 5 heteroatoms. The van der Waals surface area contributed by atoms with E-state index in [1.54, 1.807) is 14.0 Å². The average molecular weight is 212 g/mol. The van der Waals surface area contributed by atoms with Crippen LogP contribution in [-0.4, -0.2) is 24.0 Å². The van der Waals surface area contributed by atoms with E-state index in [1.165, 1.54) is 6.92 Å². The topological polar surface area (TPSA) is 75.1 Å². The zero-order valence-electron chi connectivity index (χ0n) is 9.22. The molecule has 0 spiro atoms. The van der Waals surface area contributed by atoms with Gasteiger partial charge in [0.05, 0.1) is 5.56 Å². The average Bonchev–Trinajstić information content (AvgIpc) is 2.47. The number of nitrogens with one attached hydrogen (secondary N) is 2. The molecule has 2 N–H and O–H groups in total. The number of hydrogen-bond acceptors (Lipinski definition) is 4. The van der Waals surface area contributed by atoms with Crippen molar-refractivity contribution in [2.75, 3.05) is 7.05 Å². The summed E-state index contributed by atoms with van der Waals surface area (Å²) in [6, 6.07) is -0.0140. The van der Waals surface area contributed by atoms with Crippen LogP contribution in [0.5, 0.6) is 0 Å². The van der Waals surface area contributed by atoms with Crippen molar-refractivity contribution in [2.45, 2.75) is 32.7 Å². The number of aryl methyl sites for hydroxylation is 1. The lowest BCUT2D eigenvalue weighted by atomic mass is 10.0. The molecular weight excluding hydrogens is 196 g/mol. The van der Waals surface area contributed by atoms with Crippen LogP contribution in [0.2, 0.25) is 0 Å². The molecule has 0 fully saturated rings. The van der Waals surface area contributed by atoms with Crippen LogP contribution in [0.25, 0.3) is 0 Å². The summed E-state index contributed by atoms with van der Waals surface area (Å²) in [5, 5.41) is 5.29. The molecule has 0 aliphatic rings. The highest BCUT2D eigenvalue weighted by atomic mass is 16.5. The lowest BCUT2D eigenvalue weighted by molar-refractivity contribution is -0.117. The normalized spacial score (nSPS) is 12.7. The van der Waals surface area contributed by atoms with Crippen molar-refractivity contribution in [3.8, 4) is 0 Å². The van der Waals surface area contributed by atoms with Crippen molar-refractivity contribution >= 4 is 5.78 Å². The van der Waals surface area contributed by atoms with Crippen LogP contribution in [0.3, 0.4) is 0 Å². The van der Waals surface area contributed by atoms with Crippen molar-refractivity contribution in [2.24, 2.45) is 0 Å². The zero-order chi connectivity index (χ0) is 11.4. The van der Waals surface area contributed by atoms with Crippen LogP contribution in [0.4, 0.5) is 0 Å². The van der Waals surface area contributed by atoms with Crippen molar-refractivity contribution in [3.05, 3.63) is 21.7 Å². The fourth-order valence-corrected chi connectivity index (χ4v) is 1.51. The Labute approximate surface area is 87.8 Å². The van der Waals surface area contributed by atoms with E-state index >= 15 is 0 Å². The molecule has 0 aromatic carbocycles. The van der Waals surface area contributed by atoms with Gasteiger partial charge in [0.15, 0.2) is 0 Å². The number of likely N-dealkylation sites (N-methyl/N-ethyl adjacent to an activating group) is 1. The number of carbonyl (C=O) groups excluding carboxylic acids is 1. The van der Waals surface area contributed by atoms with E-state index in [4.69, 9.17) is 4.52 Å². The zero-order valence-corrected chi connectivity index (χ0v) is 9.22. The summed E-state index contributed by atoms with van der Waals surface area (Å²) < 4.78 is 4.90. The van der Waals surface area contributed by atoms with Gasteiger partial charge in [0, 0.05) is 12.5 Å². The molecule has 1 aromatic heterocycles. The maximum absolute atomic E-state index is 11.3. The molecule has 1 aromatic rings. The molecule has 0 unspecified atom stereocenters. The summed E-state index contributed by atoms with van der Waals surface area (Å²) in [5.74, 6) is 0.690. The Morgan fingerprint density at radius 1 is 1.60 bits per heavy atom. The minimum Gasteiger partial charge on any atom is -0.384 e. The predicted octanol–water partition coefficient (Wildman–Crippen LogP) is 0.386. The van der Waals surface area contributed by atoms with Crippen LogP contribution in [0.15, 0.2) is 9.32 Å². The standard InChI is InChI=1S/C10H16N2O3/c1-6(13)4-8(11-3)5-9-7(2)15-12-10(9)14/h8,11H,4-5H2,1-3H3,(H,12,14)/t8-/m1/s1. The van der Waals surface area contributed by atoms with E-state index in [0.29, 0.717) is 24.2 Å². The fraction of sp³-hybridized carbons (Fsp3) is 0.600. The van der Waals surface area contributed by atoms with Gasteiger partial charge in [0.2, 0.25) is 0 Å². The van der Waals surface area contributed by atoms with Gasteiger partial charge in [-0.15, -0.1) is 0 Å². The van der Waals surface area contributed by atoms with Crippen LogP contribution in [-0.2, 0) is 11.2 Å². The highest BCUT2D eigenvalue weighted by Crippen LogP contribution is 2.06. The Morgan fingerprint density at radius 3 is 2.67 bits per heavy atom. The number of carbonyl (C=O) groups is 1. The van der Waals surface area contributed by atoms with Gasteiger partial charge in [0.1, 0.15) is 11.5 Å². The largest absolute Gasteiger partial charge is 0.384 e. The first-order chi connectivity index (χ1) is 7.04. The van der Waals surface area contributed by atoms with Gasteiger partial charge in [0.25, 0.3) is 5.56 Å². The Balaban J connectivity index is 2.75. The second-order valence-corrected chi connectivity index (χ2v) is 3.66. The molecule has 1 atom stereocenters. The first-order valence-corrected chi connectivity index (χ1v) is 4.88. The number of ketones is 1. The number of Topliss-reactive ketones (excluding diaryl/α,β-unsaturated/α-hetero) is 1. The van der Waals surface area contributed by atoms with E-state index in [1.807, 2.05) is 0 Å². The van der Waals surface area contributed by atoms with Gasteiger partial charge < -0.3 is 9.84 Å². The van der Waals surface area contributed by atoms with Gasteiger partial charge in [-0.25, -0.2) is 0 Å². The highest BCUT2D eigenvalue weighted by Gasteiger charge is 2.15. The summed E-state index contributed by atoms with van der Waals surface area (Å²) in [7, 11) is 1.78. The first kappa shape index (κ1) is 11.7. The molecule has 0 saturated heterocycles. The van der Waals surface area contributed by atoms with Crippen LogP contribution < -0.4 is 10.9 Å². The molecule has 0 aliphatic heterocycles. The molecule has 0 amide bonds. The Bertz CT molecular complexity index is 392. The monoisotopic (exact) mass is 212 g/mol. The highest BCUT2D eigenvalue weighted by molar-refractivity contribution is 5.76. The summed E-state index contributed by atoms with van der Waals surface area (Å²) in [6.45, 7) is 3.27. The quantitative estimate of drug-likeness (QED) is 0.740. The Hall–Kier alpha value is -1.36. The van der Waals surface area contributed by atoms with E-state index in [9.17, 15) is 9.59 Å². The first-order valence-electron chi connectivity index (χ1n) is 4.88. The fourth-order valence-electron chi connectivity index (χ4n) is 1.51. The van der Waals surface area contributed by atoms with Crippen molar-refractivity contribution in [3.63, 3.8) is 0 Å². The molecule has 1 heterocycles. The van der Waals surface area contributed by atoms with Gasteiger partial charge in [-0.2, -0.15) is 5.16 Å². The Kier molecular flexibility index (Phi) is 3.85. The van der Waals surface area contributed by atoms with Gasteiger partial charge in [-0.3, -0.25) is 9.59 Å². The molecular formula is C10H16N2O3. The second-order valence-electron chi connectivity index (χ2n) is 3.66. The lowest BCUT2D eigenvalue weighted by Crippen LogP contribution is -2.31. The summed E-state index contributed by atoms with van der Waals surface area (Å²) in [5.41, 5.74) is 0.395. The van der Waals surface area contributed by atoms with E-state index in [-0.39, 0.29) is 17.4 Å². The summed E-state index contributed by atoms with van der Waals surface area (Å²) >= 11 is 0. The summed E-state index contributed by atoms with van der Waals surface area (Å²) in [6.07, 6.45) is 0.925. The molecule has 0 saturated carbocycles. The molecule has 15 heavy (non-hydrogen) atoms. The molecule has 0 bridgehead atoms. The van der Waals surface area contributed by atoms with Crippen molar-refractivity contribution in [1.29, 1.82) is 0 Å². The number of aromatic amines is 1. The van der Waals surface area contributed by atoms with Crippen LogP contribution in [0.1, 0.15) is 24.7 Å². The molecule has 5 nitrogen and oxygen atoms in total. The van der Waals surface area contributed by atoms with Crippen molar-refractivity contribution in [1.82, 2.24) is 10.5 Å². The molecule has 1 rings (SSSR count). The predicted molar refractivity (Wildman–Crippen MR) is 55.9 cm³/mol. The van der Waals surface area contributed by atoms with Gasteiger partial charge >= 0.3 is 0 Å². The van der Waals surface area contributed by atoms with Crippen LogP contribution >= 0.6 is 0 Å². The smallest absolute Gasteiger partial charge is 0.283 e. The molecule has 0 radical (unpaired) electrons. The van der Waals surface area contributed by atoms with E-state index in [0.717, 1.165) is 0 Å². The third kappa shape index (κ3) is 3.06. The molecule has 84 valence electrons. The number of hydrogen-bond donors (Lipinski definition) is 2. The third-order valence-corrected chi connectivity index (χ3v) is 2.39. The maximum atomic E-state index is 11.3. The number of rotatable bonds is 5. The van der Waals surface area contributed by atoms with Gasteiger partial charge in [-0.1, -0.05) is 0 Å². The lowest BCUT2D eigenvalue weighted by Gasteiger charge is -2.12. The minimum atomic E-state index is -0.212. The third-order valence-electron chi connectivity index (χ3n) is 2.39. The van der Waals surface area contributed by atoms with Gasteiger partial charge in [-0.05, 0) is 27.3 Å². The van der Waals surface area contributed by atoms with Crippen molar-refractivity contribution < 1.29 is 9.32 Å². The Morgan fingerprint density at radius 2 is 2.27 bits per heavy atom. The van der Waals surface area contributed by atoms with Crippen LogP contribution in [0, 0.1) is 6.92 Å². The summed E-state index contributed by atoms with van der Waals surface area (Å²) in [4.78, 5) is 22.3. The van der Waals surface area contributed by atoms with E-state index < -0.39 is 0 Å². The maximum Gasteiger partial charge on any atom is 0.283 e.